The van der Waals surface area contributed by atoms with Crippen molar-refractivity contribution in [3.63, 3.8) is 0 Å². The molecule has 3 nitrogen and oxygen atoms in total. The molecule has 2 rings (SSSR count). The Morgan fingerprint density at radius 3 is 2.55 bits per heavy atom. The van der Waals surface area contributed by atoms with Crippen LogP contribution in [0.3, 0.4) is 0 Å². The number of rotatable bonds is 7. The standard InChI is InChI=1S/C16H23F2NO2.ClH/c1-20-14-8-7-13(9-15(14)21-16(17)18)11-19-10-12-5-3-2-4-6-12;/h7-9,12,16,19H,2-6,10-11H2,1H3;1H. The molecule has 1 aliphatic carbocycles. The Labute approximate surface area is 136 Å². The molecular weight excluding hydrogens is 312 g/mol. The number of hydrogen-bond donors (Lipinski definition) is 1. The molecule has 0 unspecified atom stereocenters. The second-order valence-electron chi connectivity index (χ2n) is 5.50. The lowest BCUT2D eigenvalue weighted by Crippen LogP contribution is -2.24. The summed E-state index contributed by atoms with van der Waals surface area (Å²) in [7, 11) is 1.44. The van der Waals surface area contributed by atoms with Crippen LogP contribution in [0.25, 0.3) is 0 Å². The van der Waals surface area contributed by atoms with Gasteiger partial charge in [0.1, 0.15) is 0 Å². The number of halogens is 3. The molecule has 0 amide bonds. The molecule has 0 spiro atoms. The van der Waals surface area contributed by atoms with Crippen LogP contribution in [0.5, 0.6) is 11.5 Å². The van der Waals surface area contributed by atoms with E-state index in [0.717, 1.165) is 18.0 Å². The molecule has 1 saturated carbocycles. The Morgan fingerprint density at radius 1 is 1.18 bits per heavy atom. The summed E-state index contributed by atoms with van der Waals surface area (Å²) in [6.45, 7) is -1.21. The van der Waals surface area contributed by atoms with Crippen LogP contribution in [0.2, 0.25) is 0 Å². The summed E-state index contributed by atoms with van der Waals surface area (Å²) in [6, 6.07) is 5.14. The van der Waals surface area contributed by atoms with Crippen LogP contribution >= 0.6 is 12.4 Å². The Balaban J connectivity index is 0.00000242. The summed E-state index contributed by atoms with van der Waals surface area (Å²) in [6.07, 6.45) is 6.57. The first-order valence-corrected chi connectivity index (χ1v) is 7.51. The van der Waals surface area contributed by atoms with Crippen molar-refractivity contribution in [2.75, 3.05) is 13.7 Å². The largest absolute Gasteiger partial charge is 0.493 e. The monoisotopic (exact) mass is 335 g/mol. The molecule has 1 aliphatic rings. The maximum absolute atomic E-state index is 12.4. The molecule has 0 heterocycles. The van der Waals surface area contributed by atoms with Crippen LogP contribution in [-0.2, 0) is 6.54 Å². The van der Waals surface area contributed by atoms with Crippen LogP contribution in [-0.4, -0.2) is 20.3 Å². The first-order chi connectivity index (χ1) is 10.2. The molecule has 0 bridgehead atoms. The van der Waals surface area contributed by atoms with Gasteiger partial charge in [-0.1, -0.05) is 25.3 Å². The average molecular weight is 336 g/mol. The van der Waals surface area contributed by atoms with Gasteiger partial charge in [-0.05, 0) is 43.0 Å². The first-order valence-electron chi connectivity index (χ1n) is 7.51. The average Bonchev–Trinajstić information content (AvgIpc) is 2.48. The lowest BCUT2D eigenvalue weighted by atomic mass is 9.89. The smallest absolute Gasteiger partial charge is 0.387 e. The SMILES string of the molecule is COc1ccc(CNCC2CCCCC2)cc1OC(F)F.Cl. The molecular formula is C16H24ClF2NO2. The second kappa shape index (κ2) is 9.85. The third kappa shape index (κ3) is 5.97. The number of hydrogen-bond acceptors (Lipinski definition) is 3. The third-order valence-electron chi connectivity index (χ3n) is 3.93. The molecule has 22 heavy (non-hydrogen) atoms. The maximum Gasteiger partial charge on any atom is 0.387 e. The zero-order valence-electron chi connectivity index (χ0n) is 12.8. The molecule has 1 aromatic carbocycles. The van der Waals surface area contributed by atoms with E-state index in [4.69, 9.17) is 4.74 Å². The van der Waals surface area contributed by atoms with Crippen molar-refractivity contribution in [3.05, 3.63) is 23.8 Å². The summed E-state index contributed by atoms with van der Waals surface area (Å²) in [5.41, 5.74) is 0.919. The van der Waals surface area contributed by atoms with E-state index in [1.807, 2.05) is 6.07 Å². The zero-order valence-corrected chi connectivity index (χ0v) is 13.6. The highest BCUT2D eigenvalue weighted by Crippen LogP contribution is 2.29. The molecule has 0 saturated heterocycles. The molecule has 0 radical (unpaired) electrons. The van der Waals surface area contributed by atoms with E-state index in [2.05, 4.69) is 10.1 Å². The second-order valence-corrected chi connectivity index (χ2v) is 5.50. The Bertz CT molecular complexity index is 440. The van der Waals surface area contributed by atoms with Gasteiger partial charge in [0.25, 0.3) is 0 Å². The predicted octanol–water partition coefficient (Wildman–Crippen LogP) is 4.39. The van der Waals surface area contributed by atoms with Crippen molar-refractivity contribution >= 4 is 12.4 Å². The molecule has 6 heteroatoms. The molecule has 0 aliphatic heterocycles. The van der Waals surface area contributed by atoms with Crippen LogP contribution in [0.15, 0.2) is 18.2 Å². The minimum atomic E-state index is -2.84. The minimum Gasteiger partial charge on any atom is -0.493 e. The molecule has 0 atom stereocenters. The van der Waals surface area contributed by atoms with E-state index in [1.165, 1.54) is 39.2 Å². The van der Waals surface area contributed by atoms with Crippen LogP contribution in [0.4, 0.5) is 8.78 Å². The van der Waals surface area contributed by atoms with E-state index in [0.29, 0.717) is 12.3 Å². The quantitative estimate of drug-likeness (QED) is 0.801. The van der Waals surface area contributed by atoms with Crippen LogP contribution < -0.4 is 14.8 Å². The van der Waals surface area contributed by atoms with E-state index in [9.17, 15) is 8.78 Å². The van der Waals surface area contributed by atoms with Gasteiger partial charge < -0.3 is 14.8 Å². The summed E-state index contributed by atoms with van der Waals surface area (Å²) >= 11 is 0. The molecule has 1 fully saturated rings. The topological polar surface area (TPSA) is 30.5 Å². The third-order valence-corrected chi connectivity index (χ3v) is 3.93. The fourth-order valence-electron chi connectivity index (χ4n) is 2.83. The number of ether oxygens (including phenoxy) is 2. The van der Waals surface area contributed by atoms with Crippen molar-refractivity contribution in [2.24, 2.45) is 5.92 Å². The van der Waals surface area contributed by atoms with Crippen molar-refractivity contribution in [3.8, 4) is 11.5 Å². The van der Waals surface area contributed by atoms with Crippen molar-refractivity contribution in [1.29, 1.82) is 0 Å². The fraction of sp³-hybridized carbons (Fsp3) is 0.625. The van der Waals surface area contributed by atoms with E-state index in [1.54, 1.807) is 12.1 Å². The summed E-state index contributed by atoms with van der Waals surface area (Å²) in [5.74, 6) is 1.16. The summed E-state index contributed by atoms with van der Waals surface area (Å²) < 4.78 is 34.2. The van der Waals surface area contributed by atoms with E-state index in [-0.39, 0.29) is 18.2 Å². The van der Waals surface area contributed by atoms with E-state index < -0.39 is 6.61 Å². The molecule has 1 N–H and O–H groups in total. The van der Waals surface area contributed by atoms with Crippen molar-refractivity contribution in [2.45, 2.75) is 45.3 Å². The van der Waals surface area contributed by atoms with Gasteiger partial charge >= 0.3 is 6.61 Å². The lowest BCUT2D eigenvalue weighted by Gasteiger charge is -2.22. The van der Waals surface area contributed by atoms with Gasteiger partial charge in [-0.2, -0.15) is 8.78 Å². The van der Waals surface area contributed by atoms with Crippen LogP contribution in [0, 0.1) is 5.92 Å². The van der Waals surface area contributed by atoms with Gasteiger partial charge in [-0.3, -0.25) is 0 Å². The van der Waals surface area contributed by atoms with Gasteiger partial charge in [-0.15, -0.1) is 12.4 Å². The Hall–Kier alpha value is -1.07. The van der Waals surface area contributed by atoms with Crippen molar-refractivity contribution < 1.29 is 18.3 Å². The summed E-state index contributed by atoms with van der Waals surface area (Å²) in [4.78, 5) is 0. The Kier molecular flexibility index (Phi) is 8.49. The Morgan fingerprint density at radius 2 is 1.91 bits per heavy atom. The number of methoxy groups -OCH3 is 1. The van der Waals surface area contributed by atoms with E-state index >= 15 is 0 Å². The molecule has 126 valence electrons. The van der Waals surface area contributed by atoms with Gasteiger partial charge in [0, 0.05) is 6.54 Å². The fourth-order valence-corrected chi connectivity index (χ4v) is 2.83. The molecule has 1 aromatic rings. The zero-order chi connectivity index (χ0) is 15.1. The highest BCUT2D eigenvalue weighted by atomic mass is 35.5. The normalized spacial score (nSPS) is 15.5. The van der Waals surface area contributed by atoms with Gasteiger partial charge in [0.05, 0.1) is 7.11 Å². The minimum absolute atomic E-state index is 0. The number of benzene rings is 1. The first kappa shape index (κ1) is 19.0. The lowest BCUT2D eigenvalue weighted by molar-refractivity contribution is -0.0512. The van der Waals surface area contributed by atoms with Gasteiger partial charge in [0.2, 0.25) is 0 Å². The predicted molar refractivity (Wildman–Crippen MR) is 85.2 cm³/mol. The number of alkyl halides is 2. The molecule has 0 aromatic heterocycles. The van der Waals surface area contributed by atoms with Gasteiger partial charge in [0.15, 0.2) is 11.5 Å². The van der Waals surface area contributed by atoms with Crippen LogP contribution in [0.1, 0.15) is 37.7 Å². The summed E-state index contributed by atoms with van der Waals surface area (Å²) in [5, 5.41) is 3.41. The van der Waals surface area contributed by atoms with Crippen molar-refractivity contribution in [1.82, 2.24) is 5.32 Å². The highest BCUT2D eigenvalue weighted by molar-refractivity contribution is 5.85. The number of nitrogens with one attached hydrogen (secondary N) is 1. The highest BCUT2D eigenvalue weighted by Gasteiger charge is 2.14. The maximum atomic E-state index is 12.4. The van der Waals surface area contributed by atoms with Gasteiger partial charge in [-0.25, -0.2) is 0 Å².